The van der Waals surface area contributed by atoms with Crippen LogP contribution in [0.1, 0.15) is 27.3 Å². The summed E-state index contributed by atoms with van der Waals surface area (Å²) in [6, 6.07) is 12.4. The molecule has 0 atom stereocenters. The van der Waals surface area contributed by atoms with Gasteiger partial charge in [-0.15, -0.1) is 5.10 Å². The lowest BCUT2D eigenvalue weighted by Crippen LogP contribution is -2.21. The molecule has 3 N–H and O–H groups in total. The smallest absolute Gasteiger partial charge is 0.321 e. The Morgan fingerprint density at radius 1 is 0.974 bits per heavy atom. The van der Waals surface area contributed by atoms with Gasteiger partial charge in [0, 0.05) is 11.1 Å². The van der Waals surface area contributed by atoms with Crippen molar-refractivity contribution < 1.29 is 35.9 Å². The van der Waals surface area contributed by atoms with Crippen LogP contribution in [-0.4, -0.2) is 43.2 Å². The first kappa shape index (κ1) is 27.0. The number of amides is 2. The highest BCUT2D eigenvalue weighted by atomic mass is 19.4. The summed E-state index contributed by atoms with van der Waals surface area (Å²) in [5.41, 5.74) is -1.30. The maximum atomic E-state index is 13.5. The van der Waals surface area contributed by atoms with E-state index in [1.807, 2.05) is 10.5 Å². The molecule has 2 aromatic carbocycles. The standard InChI is InChI=1S/C23H16F6N8O2/c24-22(25,26)15-9-5-4-8-14(15)10-30-35-21(39)16-11-37(36-32-16)12-17(38)31-19-18(13-6-2-1-3-7-13)33-34-20(19)23(27,28)29/h1-11H,12H2,(H,31,38)(H,33,34)(H,35,39)/b30-10+. The van der Waals surface area contributed by atoms with Crippen LogP contribution in [0.5, 0.6) is 0 Å². The number of halogens is 6. The van der Waals surface area contributed by atoms with Gasteiger partial charge in [0.25, 0.3) is 5.91 Å². The molecule has 2 amide bonds. The monoisotopic (exact) mass is 550 g/mol. The first-order valence-electron chi connectivity index (χ1n) is 10.8. The molecule has 16 heteroatoms. The van der Waals surface area contributed by atoms with Gasteiger partial charge in [0.2, 0.25) is 5.91 Å². The van der Waals surface area contributed by atoms with Crippen LogP contribution < -0.4 is 10.7 Å². The van der Waals surface area contributed by atoms with E-state index in [4.69, 9.17) is 0 Å². The zero-order valence-electron chi connectivity index (χ0n) is 19.4. The van der Waals surface area contributed by atoms with Crippen LogP contribution >= 0.6 is 0 Å². The van der Waals surface area contributed by atoms with E-state index in [0.29, 0.717) is 5.56 Å². The number of benzene rings is 2. The zero-order chi connectivity index (χ0) is 28.2. The lowest BCUT2D eigenvalue weighted by Gasteiger charge is -2.10. The number of hydrogen-bond donors (Lipinski definition) is 3. The highest BCUT2D eigenvalue weighted by Gasteiger charge is 2.38. The molecule has 0 aliphatic heterocycles. The molecule has 4 aromatic rings. The number of carbonyl (C=O) groups is 2. The Balaban J connectivity index is 1.43. The van der Waals surface area contributed by atoms with E-state index in [0.717, 1.165) is 29.2 Å². The third-order valence-electron chi connectivity index (χ3n) is 5.07. The molecule has 4 rings (SSSR count). The van der Waals surface area contributed by atoms with Crippen LogP contribution in [0.3, 0.4) is 0 Å². The fraction of sp³-hybridized carbons (Fsp3) is 0.130. The molecule has 0 bridgehead atoms. The van der Waals surface area contributed by atoms with Gasteiger partial charge in [-0.05, 0) is 6.07 Å². The van der Waals surface area contributed by atoms with Crippen LogP contribution in [0, 0.1) is 0 Å². The van der Waals surface area contributed by atoms with E-state index in [1.54, 1.807) is 18.2 Å². The predicted molar refractivity (Wildman–Crippen MR) is 124 cm³/mol. The number of carbonyl (C=O) groups excluding carboxylic acids is 2. The molecule has 2 heterocycles. The summed E-state index contributed by atoms with van der Waals surface area (Å²) in [6.45, 7) is -0.626. The maximum absolute atomic E-state index is 13.5. The number of aromatic nitrogens is 5. The van der Waals surface area contributed by atoms with Gasteiger partial charge in [0.15, 0.2) is 11.4 Å². The fourth-order valence-electron chi connectivity index (χ4n) is 3.37. The largest absolute Gasteiger partial charge is 0.434 e. The number of alkyl halides is 6. The normalized spacial score (nSPS) is 12.1. The highest BCUT2D eigenvalue weighted by molar-refractivity contribution is 5.96. The third kappa shape index (κ3) is 6.46. The average molecular weight is 550 g/mol. The minimum Gasteiger partial charge on any atom is -0.321 e. The van der Waals surface area contributed by atoms with E-state index in [2.05, 4.69) is 25.8 Å². The van der Waals surface area contributed by atoms with E-state index in [1.165, 1.54) is 24.3 Å². The molecule has 0 aliphatic rings. The molecule has 2 aromatic heterocycles. The Bertz CT molecular complexity index is 1510. The second-order valence-electron chi connectivity index (χ2n) is 7.82. The molecule has 0 radical (unpaired) electrons. The maximum Gasteiger partial charge on any atom is 0.434 e. The Labute approximate surface area is 214 Å². The molecule has 0 saturated carbocycles. The second-order valence-corrected chi connectivity index (χ2v) is 7.82. The molecule has 0 unspecified atom stereocenters. The minimum absolute atomic E-state index is 0.139. The van der Waals surface area contributed by atoms with Gasteiger partial charge in [-0.1, -0.05) is 53.7 Å². The second kappa shape index (κ2) is 10.8. The molecule has 0 saturated heterocycles. The van der Waals surface area contributed by atoms with Crippen LogP contribution in [0.2, 0.25) is 0 Å². The molecular formula is C23H16F6N8O2. The third-order valence-corrected chi connectivity index (χ3v) is 5.07. The summed E-state index contributed by atoms with van der Waals surface area (Å²) in [6.07, 6.45) is -7.67. The molecule has 0 spiro atoms. The first-order valence-corrected chi connectivity index (χ1v) is 10.8. The molecule has 0 fully saturated rings. The summed E-state index contributed by atoms with van der Waals surface area (Å²) in [5, 5.41) is 18.3. The van der Waals surface area contributed by atoms with Crippen LogP contribution in [-0.2, 0) is 23.7 Å². The minimum atomic E-state index is -4.84. The predicted octanol–water partition coefficient (Wildman–Crippen LogP) is 4.11. The van der Waals surface area contributed by atoms with E-state index in [-0.39, 0.29) is 17.0 Å². The van der Waals surface area contributed by atoms with Crippen LogP contribution in [0.4, 0.5) is 32.0 Å². The summed E-state index contributed by atoms with van der Waals surface area (Å²) in [4.78, 5) is 24.8. The van der Waals surface area contributed by atoms with Gasteiger partial charge in [0.1, 0.15) is 12.2 Å². The SMILES string of the molecule is O=C(Cn1cc(C(=O)N/N=C/c2ccccc2C(F)(F)F)nn1)Nc1c(-c2ccccc2)n[nH]c1C(F)(F)F. The number of nitrogens with zero attached hydrogens (tertiary/aromatic N) is 5. The van der Waals surface area contributed by atoms with Gasteiger partial charge in [-0.25, -0.2) is 10.1 Å². The zero-order valence-corrected chi connectivity index (χ0v) is 19.4. The van der Waals surface area contributed by atoms with Crippen molar-refractivity contribution >= 4 is 23.7 Å². The molecule has 10 nitrogen and oxygen atoms in total. The van der Waals surface area contributed by atoms with Crippen molar-refractivity contribution in [2.24, 2.45) is 5.10 Å². The summed E-state index contributed by atoms with van der Waals surface area (Å²) in [5.74, 6) is -1.89. The van der Waals surface area contributed by atoms with Crippen molar-refractivity contribution in [3.8, 4) is 11.3 Å². The van der Waals surface area contributed by atoms with E-state index in [9.17, 15) is 35.9 Å². The Morgan fingerprint density at radius 2 is 1.67 bits per heavy atom. The van der Waals surface area contributed by atoms with Gasteiger partial charge < -0.3 is 5.32 Å². The van der Waals surface area contributed by atoms with Crippen molar-refractivity contribution in [3.63, 3.8) is 0 Å². The van der Waals surface area contributed by atoms with Gasteiger partial charge in [-0.3, -0.25) is 14.7 Å². The van der Waals surface area contributed by atoms with Crippen LogP contribution in [0.25, 0.3) is 11.3 Å². The van der Waals surface area contributed by atoms with Crippen molar-refractivity contribution in [1.29, 1.82) is 0 Å². The van der Waals surface area contributed by atoms with Gasteiger partial charge in [0.05, 0.1) is 23.7 Å². The lowest BCUT2D eigenvalue weighted by molar-refractivity contribution is -0.140. The van der Waals surface area contributed by atoms with Gasteiger partial charge in [-0.2, -0.15) is 36.5 Å². The Morgan fingerprint density at radius 3 is 2.36 bits per heavy atom. The number of hydrogen-bond acceptors (Lipinski definition) is 6. The number of anilines is 1. The fourth-order valence-corrected chi connectivity index (χ4v) is 3.37. The average Bonchev–Trinajstić information content (AvgIpc) is 3.51. The number of rotatable bonds is 7. The molecular weight excluding hydrogens is 534 g/mol. The Hall–Kier alpha value is -5.02. The van der Waals surface area contributed by atoms with Crippen molar-refractivity contribution in [2.45, 2.75) is 18.9 Å². The quantitative estimate of drug-likeness (QED) is 0.181. The molecule has 0 aliphatic carbocycles. The summed E-state index contributed by atoms with van der Waals surface area (Å²) in [7, 11) is 0. The van der Waals surface area contributed by atoms with Crippen molar-refractivity contribution in [1.82, 2.24) is 30.6 Å². The summed E-state index contributed by atoms with van der Waals surface area (Å²) < 4.78 is 80.5. The van der Waals surface area contributed by atoms with Crippen molar-refractivity contribution in [3.05, 3.63) is 83.3 Å². The topological polar surface area (TPSA) is 130 Å². The number of nitrogens with one attached hydrogen (secondary N) is 3. The highest BCUT2D eigenvalue weighted by Crippen LogP contribution is 2.38. The van der Waals surface area contributed by atoms with Crippen molar-refractivity contribution in [2.75, 3.05) is 5.32 Å². The summed E-state index contributed by atoms with van der Waals surface area (Å²) >= 11 is 0. The van der Waals surface area contributed by atoms with E-state index < -0.39 is 47.7 Å². The molecule has 202 valence electrons. The van der Waals surface area contributed by atoms with Gasteiger partial charge >= 0.3 is 12.4 Å². The first-order chi connectivity index (χ1) is 18.4. The Kier molecular flexibility index (Phi) is 7.46. The molecule has 39 heavy (non-hydrogen) atoms. The number of hydrazone groups is 1. The lowest BCUT2D eigenvalue weighted by atomic mass is 10.1. The number of H-pyrrole nitrogens is 1. The van der Waals surface area contributed by atoms with Crippen LogP contribution in [0.15, 0.2) is 65.9 Å². The van der Waals surface area contributed by atoms with E-state index >= 15 is 0 Å². The number of aromatic amines is 1.